The maximum Gasteiger partial charge on any atom is 0.283 e. The summed E-state index contributed by atoms with van der Waals surface area (Å²) in [7, 11) is 0. The van der Waals surface area contributed by atoms with E-state index in [0.29, 0.717) is 22.8 Å². The molecule has 6 rings (SSSR count). The summed E-state index contributed by atoms with van der Waals surface area (Å²) < 4.78 is 13.2. The predicted octanol–water partition coefficient (Wildman–Crippen LogP) is 8.40. The fourth-order valence-corrected chi connectivity index (χ4v) is 6.20. The number of nitro groups is 1. The van der Waals surface area contributed by atoms with E-state index in [1.54, 1.807) is 12.3 Å². The van der Waals surface area contributed by atoms with Gasteiger partial charge in [-0.1, -0.05) is 36.0 Å². The normalized spacial score (nSPS) is 11.7. The van der Waals surface area contributed by atoms with Crippen LogP contribution in [0.2, 0.25) is 0 Å². The van der Waals surface area contributed by atoms with Gasteiger partial charge >= 0.3 is 0 Å². The van der Waals surface area contributed by atoms with Crippen LogP contribution >= 0.6 is 23.1 Å². The maximum atomic E-state index is 11.9. The molecule has 4 aromatic carbocycles. The van der Waals surface area contributed by atoms with Gasteiger partial charge in [0.2, 0.25) is 0 Å². The van der Waals surface area contributed by atoms with E-state index < -0.39 is 0 Å². The van der Waals surface area contributed by atoms with Gasteiger partial charge in [-0.05, 0) is 55.0 Å². The number of hydrogen-bond acceptors (Lipinski definition) is 8. The SMILES string of the molecule is CCOc1ccc2nc(Sc3ccc(C=Nc4ccc5c(c4)oc4ccccc45)cc3[N+](=O)[O-])sc2c1. The lowest BCUT2D eigenvalue weighted by Crippen LogP contribution is -1.93. The molecule has 6 aromatic rings. The first-order valence-electron chi connectivity index (χ1n) is 11.5. The van der Waals surface area contributed by atoms with Crippen molar-refractivity contribution < 1.29 is 14.1 Å². The number of rotatable bonds is 7. The highest BCUT2D eigenvalue weighted by Crippen LogP contribution is 2.40. The number of ether oxygens (including phenoxy) is 1. The molecule has 0 bridgehead atoms. The monoisotopic (exact) mass is 525 g/mol. The molecule has 0 aliphatic heterocycles. The summed E-state index contributed by atoms with van der Waals surface area (Å²) in [5.74, 6) is 0.782. The summed E-state index contributed by atoms with van der Waals surface area (Å²) in [4.78, 5) is 21.2. The van der Waals surface area contributed by atoms with Crippen molar-refractivity contribution in [1.29, 1.82) is 0 Å². The first-order valence-corrected chi connectivity index (χ1v) is 13.2. The van der Waals surface area contributed by atoms with Gasteiger partial charge in [0, 0.05) is 29.1 Å². The van der Waals surface area contributed by atoms with Crippen LogP contribution in [0.1, 0.15) is 12.5 Å². The molecule has 0 spiro atoms. The third kappa shape index (κ3) is 4.66. The van der Waals surface area contributed by atoms with Crippen molar-refractivity contribution in [2.75, 3.05) is 6.61 Å². The molecule has 0 atom stereocenters. The summed E-state index contributed by atoms with van der Waals surface area (Å²) in [5.41, 5.74) is 3.75. The zero-order valence-electron chi connectivity index (χ0n) is 19.6. The second-order valence-electron chi connectivity index (χ2n) is 8.17. The Balaban J connectivity index is 1.26. The van der Waals surface area contributed by atoms with Gasteiger partial charge in [-0.15, -0.1) is 11.3 Å². The Bertz CT molecular complexity index is 1820. The molecule has 37 heavy (non-hydrogen) atoms. The van der Waals surface area contributed by atoms with Gasteiger partial charge in [0.1, 0.15) is 16.9 Å². The molecule has 2 aromatic heterocycles. The lowest BCUT2D eigenvalue weighted by Gasteiger charge is -2.02. The number of hydrogen-bond donors (Lipinski definition) is 0. The molecule has 0 saturated carbocycles. The molecule has 0 saturated heterocycles. The number of para-hydroxylation sites is 1. The highest BCUT2D eigenvalue weighted by atomic mass is 32.2. The number of thiazole rings is 1. The number of furan rings is 1. The number of aromatic nitrogens is 1. The zero-order valence-corrected chi connectivity index (χ0v) is 21.2. The van der Waals surface area contributed by atoms with E-state index in [1.165, 1.54) is 29.2 Å². The fourth-order valence-electron chi connectivity index (χ4n) is 4.07. The third-order valence-corrected chi connectivity index (χ3v) is 7.90. The van der Waals surface area contributed by atoms with Gasteiger partial charge in [-0.2, -0.15) is 0 Å². The first kappa shape index (κ1) is 23.2. The van der Waals surface area contributed by atoms with Crippen molar-refractivity contribution in [2.45, 2.75) is 16.2 Å². The van der Waals surface area contributed by atoms with Crippen LogP contribution in [0.25, 0.3) is 32.2 Å². The molecular weight excluding hydrogens is 506 g/mol. The quantitative estimate of drug-likeness (QED) is 0.118. The van der Waals surface area contributed by atoms with Gasteiger partial charge < -0.3 is 9.15 Å². The Morgan fingerprint density at radius 3 is 2.78 bits per heavy atom. The average Bonchev–Trinajstić information content (AvgIpc) is 3.48. The van der Waals surface area contributed by atoms with Crippen LogP contribution in [0, 0.1) is 10.1 Å². The van der Waals surface area contributed by atoms with E-state index in [0.717, 1.165) is 42.2 Å². The van der Waals surface area contributed by atoms with Gasteiger partial charge in [0.15, 0.2) is 4.34 Å². The Hall–Kier alpha value is -4.21. The molecule has 7 nitrogen and oxygen atoms in total. The molecular formula is C28H19N3O4S2. The maximum absolute atomic E-state index is 11.9. The Morgan fingerprint density at radius 1 is 1.05 bits per heavy atom. The van der Waals surface area contributed by atoms with Crippen molar-refractivity contribution in [3.63, 3.8) is 0 Å². The van der Waals surface area contributed by atoms with Gasteiger partial charge in [0.25, 0.3) is 5.69 Å². The summed E-state index contributed by atoms with van der Waals surface area (Å²) in [6, 6.07) is 24.4. The molecule has 0 amide bonds. The minimum absolute atomic E-state index is 0.0101. The Morgan fingerprint density at radius 2 is 1.92 bits per heavy atom. The molecule has 182 valence electrons. The van der Waals surface area contributed by atoms with Crippen molar-refractivity contribution in [2.24, 2.45) is 4.99 Å². The van der Waals surface area contributed by atoms with E-state index in [1.807, 2.05) is 73.7 Å². The molecule has 0 aliphatic rings. The van der Waals surface area contributed by atoms with Crippen LogP contribution in [0.5, 0.6) is 5.75 Å². The summed E-state index contributed by atoms with van der Waals surface area (Å²) in [5, 5.41) is 13.9. The minimum atomic E-state index is -0.374. The third-order valence-electron chi connectivity index (χ3n) is 5.75. The molecule has 0 aliphatic carbocycles. The van der Waals surface area contributed by atoms with Crippen LogP contribution in [0.3, 0.4) is 0 Å². The van der Waals surface area contributed by atoms with E-state index >= 15 is 0 Å². The largest absolute Gasteiger partial charge is 0.494 e. The highest BCUT2D eigenvalue weighted by Gasteiger charge is 2.18. The summed E-state index contributed by atoms with van der Waals surface area (Å²) in [6.45, 7) is 2.52. The van der Waals surface area contributed by atoms with E-state index in [2.05, 4.69) is 9.98 Å². The lowest BCUT2D eigenvalue weighted by atomic mass is 10.1. The van der Waals surface area contributed by atoms with Crippen LogP contribution in [0.4, 0.5) is 11.4 Å². The molecule has 0 fully saturated rings. The summed E-state index contributed by atoms with van der Waals surface area (Å²) >= 11 is 2.76. The number of nitro benzene ring substituents is 1. The molecule has 0 radical (unpaired) electrons. The van der Waals surface area contributed by atoms with Crippen LogP contribution in [-0.2, 0) is 0 Å². The fraction of sp³-hybridized carbons (Fsp3) is 0.0714. The van der Waals surface area contributed by atoms with Crippen LogP contribution < -0.4 is 4.74 Å². The summed E-state index contributed by atoms with van der Waals surface area (Å²) in [6.07, 6.45) is 1.62. The lowest BCUT2D eigenvalue weighted by molar-refractivity contribution is -0.387. The Kier molecular flexibility index (Phi) is 6.07. The second-order valence-corrected chi connectivity index (χ2v) is 10.5. The number of nitrogens with zero attached hydrogens (tertiary/aromatic N) is 3. The number of aliphatic imine (C=N–C) groups is 1. The first-order chi connectivity index (χ1) is 18.1. The van der Waals surface area contributed by atoms with Crippen molar-refractivity contribution in [1.82, 2.24) is 4.98 Å². The minimum Gasteiger partial charge on any atom is -0.494 e. The van der Waals surface area contributed by atoms with E-state index in [9.17, 15) is 10.1 Å². The zero-order chi connectivity index (χ0) is 25.4. The number of fused-ring (bicyclic) bond motifs is 4. The van der Waals surface area contributed by atoms with Crippen LogP contribution in [0.15, 0.2) is 97.5 Å². The second kappa shape index (κ2) is 9.68. The van der Waals surface area contributed by atoms with E-state index in [-0.39, 0.29) is 10.6 Å². The number of benzene rings is 4. The predicted molar refractivity (Wildman–Crippen MR) is 149 cm³/mol. The molecule has 0 unspecified atom stereocenters. The molecule has 9 heteroatoms. The highest BCUT2D eigenvalue weighted by molar-refractivity contribution is 8.01. The Labute approximate surface area is 219 Å². The topological polar surface area (TPSA) is 90.8 Å². The standard InChI is InChI=1S/C28H19N3O4S2/c1-2-34-19-9-11-22-27(15-19)37-28(30-22)36-26-12-7-17(13-23(26)31(32)33)16-29-18-8-10-21-20-5-3-4-6-24(20)35-25(21)14-18/h3-16H,2H2,1H3. The van der Waals surface area contributed by atoms with Crippen molar-refractivity contribution in [3.8, 4) is 5.75 Å². The molecule has 2 heterocycles. The average molecular weight is 526 g/mol. The van der Waals surface area contributed by atoms with Gasteiger partial charge in [-0.25, -0.2) is 4.98 Å². The van der Waals surface area contributed by atoms with Crippen molar-refractivity contribution in [3.05, 3.63) is 94.5 Å². The molecule has 0 N–H and O–H groups in total. The van der Waals surface area contributed by atoms with Crippen LogP contribution in [-0.4, -0.2) is 22.7 Å². The van der Waals surface area contributed by atoms with Gasteiger partial charge in [0.05, 0.1) is 32.3 Å². The van der Waals surface area contributed by atoms with Gasteiger partial charge in [-0.3, -0.25) is 15.1 Å². The smallest absolute Gasteiger partial charge is 0.283 e. The van der Waals surface area contributed by atoms with Crippen molar-refractivity contribution >= 4 is 72.8 Å². The van der Waals surface area contributed by atoms with E-state index in [4.69, 9.17) is 9.15 Å².